The average molecular weight is 180 g/mol. The lowest BCUT2D eigenvalue weighted by Crippen LogP contribution is -2.03. The minimum atomic E-state index is 0. The molecule has 0 aromatic heterocycles. The van der Waals surface area contributed by atoms with Crippen molar-refractivity contribution in [3.63, 3.8) is 0 Å². The van der Waals surface area contributed by atoms with Gasteiger partial charge in [-0.2, -0.15) is 0 Å². The predicted molar refractivity (Wildman–Crippen MR) is 53.1 cm³/mol. The van der Waals surface area contributed by atoms with Crippen LogP contribution in [0.5, 0.6) is 5.75 Å². The van der Waals surface area contributed by atoms with E-state index in [0.29, 0.717) is 12.7 Å². The minimum Gasteiger partial charge on any atom is -0.491 e. The van der Waals surface area contributed by atoms with Crippen LogP contribution < -0.4 is 4.74 Å². The first-order valence-corrected chi connectivity index (χ1v) is 4.16. The number of aryl methyl sites for hydroxylation is 1. The molecule has 2 heteroatoms. The molecule has 1 saturated heterocycles. The zero-order valence-corrected chi connectivity index (χ0v) is 7.12. The van der Waals surface area contributed by atoms with E-state index >= 15 is 0 Å². The number of rotatable bonds is 3. The number of hydrogen-bond acceptors (Lipinski definition) is 2. The molecule has 2 nitrogen and oxygen atoms in total. The molecule has 0 amide bonds. The molecule has 2 rings (SSSR count). The highest BCUT2D eigenvalue weighted by molar-refractivity contribution is 5.26. The van der Waals surface area contributed by atoms with Gasteiger partial charge in [-0.15, -0.1) is 0 Å². The molecule has 1 atom stereocenters. The van der Waals surface area contributed by atoms with Gasteiger partial charge in [0, 0.05) is 0 Å². The van der Waals surface area contributed by atoms with Crippen LogP contribution in [0, 0.1) is 6.92 Å². The quantitative estimate of drug-likeness (QED) is 0.666. The largest absolute Gasteiger partial charge is 0.491 e. The second kappa shape index (κ2) is 4.28. The monoisotopic (exact) mass is 180 g/mol. The maximum atomic E-state index is 5.46. The zero-order chi connectivity index (χ0) is 8.39. The average Bonchev–Trinajstić information content (AvgIpc) is 2.87. The lowest BCUT2D eigenvalue weighted by molar-refractivity contribution is 0.263. The van der Waals surface area contributed by atoms with Crippen LogP contribution >= 0.6 is 0 Å². The van der Waals surface area contributed by atoms with Gasteiger partial charge in [0.1, 0.15) is 18.5 Å². The fraction of sp³-hybridized carbons (Fsp3) is 0.455. The van der Waals surface area contributed by atoms with Crippen molar-refractivity contribution in [2.24, 2.45) is 0 Å². The molecule has 0 bridgehead atoms. The summed E-state index contributed by atoms with van der Waals surface area (Å²) in [4.78, 5) is 0. The Hall–Kier alpha value is -1.02. The summed E-state index contributed by atoms with van der Waals surface area (Å²) in [5, 5.41) is 0. The van der Waals surface area contributed by atoms with Crippen LogP contribution in [0.25, 0.3) is 0 Å². The molecule has 0 radical (unpaired) electrons. The second-order valence-corrected chi connectivity index (χ2v) is 3.08. The van der Waals surface area contributed by atoms with Crippen molar-refractivity contribution >= 4 is 0 Å². The summed E-state index contributed by atoms with van der Waals surface area (Å²) in [5.74, 6) is 0.927. The number of epoxide rings is 1. The Balaban J connectivity index is 0.000000845. The Kier molecular flexibility index (Phi) is 3.32. The Morgan fingerprint density at radius 2 is 2.00 bits per heavy atom. The van der Waals surface area contributed by atoms with Crippen LogP contribution in [-0.2, 0) is 4.74 Å². The first-order valence-electron chi connectivity index (χ1n) is 4.16. The van der Waals surface area contributed by atoms with Gasteiger partial charge in [-0.25, -0.2) is 0 Å². The van der Waals surface area contributed by atoms with E-state index in [-0.39, 0.29) is 7.43 Å². The van der Waals surface area contributed by atoms with Crippen molar-refractivity contribution in [2.75, 3.05) is 13.2 Å². The molecular weight excluding hydrogens is 164 g/mol. The highest BCUT2D eigenvalue weighted by Gasteiger charge is 2.22. The first kappa shape index (κ1) is 10.1. The van der Waals surface area contributed by atoms with E-state index in [9.17, 15) is 0 Å². The summed E-state index contributed by atoms with van der Waals surface area (Å²) >= 11 is 0. The first-order chi connectivity index (χ1) is 5.84. The highest BCUT2D eigenvalue weighted by Crippen LogP contribution is 2.15. The summed E-state index contributed by atoms with van der Waals surface area (Å²) in [6.45, 7) is 3.60. The maximum absolute atomic E-state index is 5.46. The molecule has 0 saturated carbocycles. The standard InChI is InChI=1S/C10H12O2.CH4/c1-8-2-4-9(5-3-8)11-6-10-7-12-10;/h2-5,10H,6-7H2,1H3;1H4. The fourth-order valence-corrected chi connectivity index (χ4v) is 0.988. The van der Waals surface area contributed by atoms with Crippen molar-refractivity contribution < 1.29 is 9.47 Å². The normalized spacial score (nSPS) is 19.0. The van der Waals surface area contributed by atoms with E-state index in [4.69, 9.17) is 9.47 Å². The van der Waals surface area contributed by atoms with Gasteiger partial charge in [0.15, 0.2) is 0 Å². The molecule has 1 unspecified atom stereocenters. The molecule has 1 aromatic rings. The molecule has 1 fully saturated rings. The van der Waals surface area contributed by atoms with Gasteiger partial charge >= 0.3 is 0 Å². The summed E-state index contributed by atoms with van der Waals surface area (Å²) in [5.41, 5.74) is 1.25. The molecule has 0 N–H and O–H groups in total. The van der Waals surface area contributed by atoms with Gasteiger partial charge in [0.25, 0.3) is 0 Å². The van der Waals surface area contributed by atoms with Crippen LogP contribution in [0.4, 0.5) is 0 Å². The smallest absolute Gasteiger partial charge is 0.119 e. The Morgan fingerprint density at radius 3 is 2.54 bits per heavy atom. The molecule has 1 aliphatic heterocycles. The van der Waals surface area contributed by atoms with E-state index < -0.39 is 0 Å². The lowest BCUT2D eigenvalue weighted by atomic mass is 10.2. The van der Waals surface area contributed by atoms with E-state index in [0.717, 1.165) is 12.4 Å². The van der Waals surface area contributed by atoms with Crippen LogP contribution in [-0.4, -0.2) is 19.3 Å². The van der Waals surface area contributed by atoms with Crippen LogP contribution in [0.1, 0.15) is 13.0 Å². The molecular formula is C11H16O2. The number of ether oxygens (including phenoxy) is 2. The summed E-state index contributed by atoms with van der Waals surface area (Å²) in [6.07, 6.45) is 0.339. The summed E-state index contributed by atoms with van der Waals surface area (Å²) < 4.78 is 10.5. The Bertz CT molecular complexity index is 249. The van der Waals surface area contributed by atoms with Gasteiger partial charge in [-0.1, -0.05) is 25.1 Å². The van der Waals surface area contributed by atoms with Crippen LogP contribution in [0.3, 0.4) is 0 Å². The predicted octanol–water partition coefficient (Wildman–Crippen LogP) is 2.41. The van der Waals surface area contributed by atoms with Gasteiger partial charge in [-0.05, 0) is 19.1 Å². The minimum absolute atomic E-state index is 0. The van der Waals surface area contributed by atoms with Crippen molar-refractivity contribution in [3.8, 4) is 5.75 Å². The van der Waals surface area contributed by atoms with Crippen molar-refractivity contribution in [1.29, 1.82) is 0 Å². The molecule has 1 aliphatic rings. The molecule has 0 aliphatic carbocycles. The van der Waals surface area contributed by atoms with Gasteiger partial charge in [0.2, 0.25) is 0 Å². The summed E-state index contributed by atoms with van der Waals surface area (Å²) in [7, 11) is 0. The van der Waals surface area contributed by atoms with Crippen LogP contribution in [0.2, 0.25) is 0 Å². The van der Waals surface area contributed by atoms with E-state index in [1.54, 1.807) is 0 Å². The van der Waals surface area contributed by atoms with Crippen molar-refractivity contribution in [2.45, 2.75) is 20.5 Å². The second-order valence-electron chi connectivity index (χ2n) is 3.08. The third kappa shape index (κ3) is 3.07. The molecule has 1 heterocycles. The third-order valence-electron chi connectivity index (χ3n) is 1.86. The number of hydrogen-bond donors (Lipinski definition) is 0. The Labute approximate surface area is 79.5 Å². The topological polar surface area (TPSA) is 21.8 Å². The van der Waals surface area contributed by atoms with E-state index in [1.807, 2.05) is 24.3 Å². The van der Waals surface area contributed by atoms with E-state index in [2.05, 4.69) is 6.92 Å². The summed E-state index contributed by atoms with van der Waals surface area (Å²) in [6, 6.07) is 8.06. The maximum Gasteiger partial charge on any atom is 0.119 e. The fourth-order valence-electron chi connectivity index (χ4n) is 0.988. The van der Waals surface area contributed by atoms with Crippen LogP contribution in [0.15, 0.2) is 24.3 Å². The van der Waals surface area contributed by atoms with Gasteiger partial charge in [0.05, 0.1) is 6.61 Å². The van der Waals surface area contributed by atoms with Gasteiger partial charge in [-0.3, -0.25) is 0 Å². The number of benzene rings is 1. The molecule has 1 aromatic carbocycles. The highest BCUT2D eigenvalue weighted by atomic mass is 16.6. The van der Waals surface area contributed by atoms with Gasteiger partial charge < -0.3 is 9.47 Å². The van der Waals surface area contributed by atoms with Crippen molar-refractivity contribution in [1.82, 2.24) is 0 Å². The molecule has 72 valence electrons. The Morgan fingerprint density at radius 1 is 1.38 bits per heavy atom. The third-order valence-corrected chi connectivity index (χ3v) is 1.86. The van der Waals surface area contributed by atoms with Crippen molar-refractivity contribution in [3.05, 3.63) is 29.8 Å². The lowest BCUT2D eigenvalue weighted by Gasteiger charge is -2.03. The molecule has 0 spiro atoms. The van der Waals surface area contributed by atoms with E-state index in [1.165, 1.54) is 5.56 Å². The SMILES string of the molecule is C.Cc1ccc(OCC2CO2)cc1. The zero-order valence-electron chi connectivity index (χ0n) is 7.12. The molecule has 13 heavy (non-hydrogen) atoms.